The molecule has 0 spiro atoms. The van der Waals surface area contributed by atoms with Crippen LogP contribution in [0.4, 0.5) is 4.39 Å². The summed E-state index contributed by atoms with van der Waals surface area (Å²) < 4.78 is 15.1. The second kappa shape index (κ2) is 4.40. The van der Waals surface area contributed by atoms with E-state index in [9.17, 15) is 9.50 Å². The molecule has 0 fully saturated rings. The fraction of sp³-hybridized carbons (Fsp3) is 0.273. The number of hydrogen-bond acceptors (Lipinski definition) is 3. The molecule has 2 heterocycles. The third-order valence-corrected chi connectivity index (χ3v) is 2.40. The Kier molecular flexibility index (Phi) is 2.96. The van der Waals surface area contributed by atoms with Crippen LogP contribution in [0.2, 0.25) is 0 Å². The standard InChI is InChI=1S/C11H12FN3O/c1-15-6-5-13-10(15)7-9(16)11-8(12)3-2-4-14-11/h2-6,9,16H,7H2,1H3. The molecule has 0 saturated carbocycles. The maximum absolute atomic E-state index is 13.3. The summed E-state index contributed by atoms with van der Waals surface area (Å²) in [6.45, 7) is 0. The van der Waals surface area contributed by atoms with E-state index in [0.717, 1.165) is 0 Å². The number of aliphatic hydroxyl groups is 1. The molecule has 5 heteroatoms. The molecular weight excluding hydrogens is 209 g/mol. The van der Waals surface area contributed by atoms with Crippen molar-refractivity contribution in [3.63, 3.8) is 0 Å². The summed E-state index contributed by atoms with van der Waals surface area (Å²) in [6, 6.07) is 2.77. The van der Waals surface area contributed by atoms with Crippen molar-refractivity contribution in [2.45, 2.75) is 12.5 Å². The van der Waals surface area contributed by atoms with Crippen LogP contribution in [0, 0.1) is 5.82 Å². The average Bonchev–Trinajstić information content (AvgIpc) is 2.65. The lowest BCUT2D eigenvalue weighted by atomic mass is 10.1. The number of hydrogen-bond donors (Lipinski definition) is 1. The number of pyridine rings is 1. The van der Waals surface area contributed by atoms with Gasteiger partial charge in [-0.05, 0) is 12.1 Å². The van der Waals surface area contributed by atoms with Gasteiger partial charge in [-0.3, -0.25) is 4.98 Å². The van der Waals surface area contributed by atoms with Crippen molar-refractivity contribution in [1.82, 2.24) is 14.5 Å². The zero-order valence-electron chi connectivity index (χ0n) is 8.84. The largest absolute Gasteiger partial charge is 0.386 e. The van der Waals surface area contributed by atoms with Crippen LogP contribution in [0.1, 0.15) is 17.6 Å². The highest BCUT2D eigenvalue weighted by molar-refractivity contribution is 5.11. The van der Waals surface area contributed by atoms with E-state index in [1.165, 1.54) is 18.3 Å². The van der Waals surface area contributed by atoms with Gasteiger partial charge in [-0.15, -0.1) is 0 Å². The number of rotatable bonds is 3. The van der Waals surface area contributed by atoms with E-state index >= 15 is 0 Å². The smallest absolute Gasteiger partial charge is 0.147 e. The normalized spacial score (nSPS) is 12.7. The molecular formula is C11H12FN3O. The molecule has 16 heavy (non-hydrogen) atoms. The summed E-state index contributed by atoms with van der Waals surface area (Å²) in [6.07, 6.45) is 4.15. The van der Waals surface area contributed by atoms with Crippen LogP contribution in [0.3, 0.4) is 0 Å². The van der Waals surface area contributed by atoms with Crippen LogP contribution < -0.4 is 0 Å². The van der Waals surface area contributed by atoms with Gasteiger partial charge in [0.2, 0.25) is 0 Å². The van der Waals surface area contributed by atoms with E-state index in [4.69, 9.17) is 0 Å². The van der Waals surface area contributed by atoms with Gasteiger partial charge in [0.15, 0.2) is 0 Å². The SMILES string of the molecule is Cn1ccnc1CC(O)c1ncccc1F. The highest BCUT2D eigenvalue weighted by Crippen LogP contribution is 2.17. The van der Waals surface area contributed by atoms with E-state index in [1.54, 1.807) is 17.0 Å². The summed E-state index contributed by atoms with van der Waals surface area (Å²) in [5.74, 6) is 0.196. The Hall–Kier alpha value is -1.75. The first-order valence-corrected chi connectivity index (χ1v) is 4.93. The Morgan fingerprint density at radius 3 is 2.88 bits per heavy atom. The zero-order valence-corrected chi connectivity index (χ0v) is 8.84. The Bertz CT molecular complexity index is 484. The van der Waals surface area contributed by atoms with Crippen molar-refractivity contribution >= 4 is 0 Å². The van der Waals surface area contributed by atoms with Gasteiger partial charge in [0.1, 0.15) is 23.4 Å². The minimum absolute atomic E-state index is 0.0606. The van der Waals surface area contributed by atoms with E-state index in [0.29, 0.717) is 5.82 Å². The third kappa shape index (κ3) is 2.09. The molecule has 1 N–H and O–H groups in total. The zero-order chi connectivity index (χ0) is 11.5. The molecule has 2 aromatic rings. The fourth-order valence-electron chi connectivity index (χ4n) is 1.51. The van der Waals surface area contributed by atoms with Gasteiger partial charge in [-0.25, -0.2) is 9.37 Å². The lowest BCUT2D eigenvalue weighted by Crippen LogP contribution is -2.09. The average molecular weight is 221 g/mol. The van der Waals surface area contributed by atoms with Crippen molar-refractivity contribution in [2.75, 3.05) is 0 Å². The molecule has 0 amide bonds. The van der Waals surface area contributed by atoms with E-state index in [-0.39, 0.29) is 12.1 Å². The van der Waals surface area contributed by atoms with Gasteiger partial charge in [0.25, 0.3) is 0 Å². The Morgan fingerprint density at radius 1 is 1.44 bits per heavy atom. The molecule has 0 bridgehead atoms. The molecule has 84 valence electrons. The second-order valence-electron chi connectivity index (χ2n) is 3.54. The highest BCUT2D eigenvalue weighted by Gasteiger charge is 2.16. The van der Waals surface area contributed by atoms with Crippen molar-refractivity contribution in [1.29, 1.82) is 0 Å². The maximum atomic E-state index is 13.3. The maximum Gasteiger partial charge on any atom is 0.147 e. The second-order valence-corrected chi connectivity index (χ2v) is 3.54. The van der Waals surface area contributed by atoms with Crippen molar-refractivity contribution in [3.8, 4) is 0 Å². The van der Waals surface area contributed by atoms with Gasteiger partial charge in [0, 0.05) is 32.1 Å². The number of aromatic nitrogens is 3. The van der Waals surface area contributed by atoms with Crippen LogP contribution >= 0.6 is 0 Å². The van der Waals surface area contributed by atoms with Crippen LogP contribution in [0.15, 0.2) is 30.7 Å². The molecule has 1 unspecified atom stereocenters. The predicted molar refractivity (Wildman–Crippen MR) is 56.1 cm³/mol. The number of imidazole rings is 1. The monoisotopic (exact) mass is 221 g/mol. The number of aryl methyl sites for hydroxylation is 1. The Labute approximate surface area is 92.4 Å². The van der Waals surface area contributed by atoms with Crippen molar-refractivity contribution in [3.05, 3.63) is 48.1 Å². The van der Waals surface area contributed by atoms with Crippen LogP contribution in [-0.4, -0.2) is 19.6 Å². The molecule has 4 nitrogen and oxygen atoms in total. The van der Waals surface area contributed by atoms with Crippen molar-refractivity contribution < 1.29 is 9.50 Å². The van der Waals surface area contributed by atoms with Crippen LogP contribution in [0.5, 0.6) is 0 Å². The van der Waals surface area contributed by atoms with Gasteiger partial charge >= 0.3 is 0 Å². The first-order valence-electron chi connectivity index (χ1n) is 4.93. The minimum atomic E-state index is -0.970. The van der Waals surface area contributed by atoms with Gasteiger partial charge in [0.05, 0.1) is 0 Å². The van der Waals surface area contributed by atoms with Gasteiger partial charge in [-0.1, -0.05) is 0 Å². The quantitative estimate of drug-likeness (QED) is 0.848. The predicted octanol–water partition coefficient (Wildman–Crippen LogP) is 1.23. The third-order valence-electron chi connectivity index (χ3n) is 2.40. The van der Waals surface area contributed by atoms with Crippen LogP contribution in [-0.2, 0) is 13.5 Å². The summed E-state index contributed by atoms with van der Waals surface area (Å²) in [7, 11) is 1.82. The Balaban J connectivity index is 2.18. The van der Waals surface area contributed by atoms with E-state index in [2.05, 4.69) is 9.97 Å². The Morgan fingerprint density at radius 2 is 2.25 bits per heavy atom. The molecule has 0 radical (unpaired) electrons. The molecule has 0 aromatic carbocycles. The fourth-order valence-corrected chi connectivity index (χ4v) is 1.51. The lowest BCUT2D eigenvalue weighted by Gasteiger charge is -2.10. The summed E-state index contributed by atoms with van der Waals surface area (Å²) in [4.78, 5) is 7.89. The van der Waals surface area contributed by atoms with E-state index < -0.39 is 11.9 Å². The van der Waals surface area contributed by atoms with Crippen molar-refractivity contribution in [2.24, 2.45) is 7.05 Å². The minimum Gasteiger partial charge on any atom is -0.386 e. The molecule has 0 aliphatic carbocycles. The molecule has 0 aliphatic heterocycles. The number of halogens is 1. The molecule has 2 aromatic heterocycles. The van der Waals surface area contributed by atoms with Gasteiger partial charge < -0.3 is 9.67 Å². The topological polar surface area (TPSA) is 50.9 Å². The summed E-state index contributed by atoms with van der Waals surface area (Å²) in [5.41, 5.74) is 0.0606. The van der Waals surface area contributed by atoms with E-state index in [1.807, 2.05) is 7.05 Å². The molecule has 2 rings (SSSR count). The molecule has 0 aliphatic rings. The number of nitrogens with zero attached hydrogens (tertiary/aromatic N) is 3. The first-order chi connectivity index (χ1) is 7.68. The lowest BCUT2D eigenvalue weighted by molar-refractivity contribution is 0.165. The highest BCUT2D eigenvalue weighted by atomic mass is 19.1. The van der Waals surface area contributed by atoms with Crippen LogP contribution in [0.25, 0.3) is 0 Å². The summed E-state index contributed by atoms with van der Waals surface area (Å²) in [5, 5.41) is 9.84. The number of aliphatic hydroxyl groups excluding tert-OH is 1. The first kappa shape index (κ1) is 10.8. The summed E-state index contributed by atoms with van der Waals surface area (Å²) >= 11 is 0. The van der Waals surface area contributed by atoms with Gasteiger partial charge in [-0.2, -0.15) is 0 Å². The molecule has 0 saturated heterocycles. The molecule has 1 atom stereocenters.